The van der Waals surface area contributed by atoms with Gasteiger partial charge in [-0.3, -0.25) is 9.89 Å². The average Bonchev–Trinajstić information content (AvgIpc) is 3.03. The third-order valence-corrected chi connectivity index (χ3v) is 3.84. The summed E-state index contributed by atoms with van der Waals surface area (Å²) in [5.41, 5.74) is 2.34. The molecule has 0 spiro atoms. The van der Waals surface area contributed by atoms with Gasteiger partial charge in [-0.05, 0) is 37.1 Å². The Morgan fingerprint density at radius 3 is 2.83 bits per heavy atom. The molecule has 2 atom stereocenters. The molecule has 1 aromatic heterocycles. The molecule has 0 aliphatic rings. The van der Waals surface area contributed by atoms with Gasteiger partial charge in [0.2, 0.25) is 0 Å². The molecule has 23 heavy (non-hydrogen) atoms. The number of carbonyl (C=O) groups is 1. The fourth-order valence-corrected chi connectivity index (χ4v) is 2.60. The summed E-state index contributed by atoms with van der Waals surface area (Å²) < 4.78 is 0. The summed E-state index contributed by atoms with van der Waals surface area (Å²) in [6, 6.07) is 14.7. The summed E-state index contributed by atoms with van der Waals surface area (Å²) >= 11 is 0. The van der Waals surface area contributed by atoms with E-state index in [9.17, 15) is 9.90 Å². The van der Waals surface area contributed by atoms with Gasteiger partial charge in [0, 0.05) is 17.0 Å². The lowest BCUT2D eigenvalue weighted by Gasteiger charge is -2.18. The van der Waals surface area contributed by atoms with Gasteiger partial charge in [-0.1, -0.05) is 30.3 Å². The van der Waals surface area contributed by atoms with E-state index in [-0.39, 0.29) is 11.9 Å². The molecule has 5 nitrogen and oxygen atoms in total. The first-order chi connectivity index (χ1) is 11.1. The molecule has 0 saturated carbocycles. The Kier molecular flexibility index (Phi) is 4.39. The van der Waals surface area contributed by atoms with Crippen LogP contribution in [0, 0.1) is 0 Å². The van der Waals surface area contributed by atoms with Crippen molar-refractivity contribution in [3.63, 3.8) is 0 Å². The Labute approximate surface area is 134 Å². The predicted molar refractivity (Wildman–Crippen MR) is 89.0 cm³/mol. The number of carbonyl (C=O) groups excluding carboxylic acids is 1. The van der Waals surface area contributed by atoms with Gasteiger partial charge in [0.1, 0.15) is 0 Å². The Bertz CT molecular complexity index is 798. The number of rotatable bonds is 5. The normalized spacial score (nSPS) is 13.7. The first-order valence-electron chi connectivity index (χ1n) is 7.60. The van der Waals surface area contributed by atoms with Crippen molar-refractivity contribution in [1.82, 2.24) is 15.5 Å². The minimum absolute atomic E-state index is 0.141. The van der Waals surface area contributed by atoms with E-state index in [1.807, 2.05) is 43.3 Å². The number of benzene rings is 2. The fraction of sp³-hybridized carbons (Fsp3) is 0.222. The second kappa shape index (κ2) is 6.62. The number of aliphatic hydroxyl groups excluding tert-OH is 1. The summed E-state index contributed by atoms with van der Waals surface area (Å²) in [6.45, 7) is 1.89. The van der Waals surface area contributed by atoms with Gasteiger partial charge < -0.3 is 10.4 Å². The molecule has 118 valence electrons. The highest BCUT2D eigenvalue weighted by atomic mass is 16.3. The lowest BCUT2D eigenvalue weighted by atomic mass is 10.0. The van der Waals surface area contributed by atoms with Crippen molar-refractivity contribution in [3.05, 3.63) is 65.9 Å². The number of fused-ring (bicyclic) bond motifs is 1. The third kappa shape index (κ3) is 3.57. The van der Waals surface area contributed by atoms with E-state index in [0.29, 0.717) is 12.0 Å². The van der Waals surface area contributed by atoms with Gasteiger partial charge in [0.05, 0.1) is 17.8 Å². The topological polar surface area (TPSA) is 78.0 Å². The lowest BCUT2D eigenvalue weighted by molar-refractivity contribution is 0.0917. The van der Waals surface area contributed by atoms with Gasteiger partial charge in [-0.25, -0.2) is 0 Å². The number of H-pyrrole nitrogens is 1. The van der Waals surface area contributed by atoms with E-state index in [1.165, 1.54) is 0 Å². The highest BCUT2D eigenvalue weighted by Gasteiger charge is 2.15. The van der Waals surface area contributed by atoms with Crippen molar-refractivity contribution in [2.45, 2.75) is 25.5 Å². The van der Waals surface area contributed by atoms with Crippen LogP contribution in [0.4, 0.5) is 0 Å². The van der Waals surface area contributed by atoms with Gasteiger partial charge in [-0.2, -0.15) is 5.10 Å². The molecular weight excluding hydrogens is 290 g/mol. The third-order valence-electron chi connectivity index (χ3n) is 3.84. The van der Waals surface area contributed by atoms with Crippen LogP contribution in [-0.2, 0) is 0 Å². The summed E-state index contributed by atoms with van der Waals surface area (Å²) in [4.78, 5) is 12.3. The van der Waals surface area contributed by atoms with Crippen LogP contribution in [0.2, 0.25) is 0 Å². The molecule has 0 saturated heterocycles. The van der Waals surface area contributed by atoms with Crippen molar-refractivity contribution in [2.24, 2.45) is 0 Å². The van der Waals surface area contributed by atoms with Crippen LogP contribution in [0.3, 0.4) is 0 Å². The number of nitrogens with one attached hydrogen (secondary N) is 2. The zero-order valence-corrected chi connectivity index (χ0v) is 12.9. The van der Waals surface area contributed by atoms with Crippen molar-refractivity contribution in [1.29, 1.82) is 0 Å². The molecule has 2 aromatic carbocycles. The molecule has 5 heteroatoms. The largest absolute Gasteiger partial charge is 0.388 e. The molecule has 1 heterocycles. The zero-order chi connectivity index (χ0) is 16.2. The van der Waals surface area contributed by atoms with E-state index in [1.54, 1.807) is 18.3 Å². The first kappa shape index (κ1) is 15.2. The molecule has 0 radical (unpaired) electrons. The summed E-state index contributed by atoms with van der Waals surface area (Å²) in [5.74, 6) is -0.152. The monoisotopic (exact) mass is 309 g/mol. The second-order valence-electron chi connectivity index (χ2n) is 5.71. The lowest BCUT2D eigenvalue weighted by Crippen LogP contribution is -2.33. The molecule has 2 unspecified atom stereocenters. The number of amides is 1. The summed E-state index contributed by atoms with van der Waals surface area (Å²) in [7, 11) is 0. The number of aliphatic hydroxyl groups is 1. The number of aromatic nitrogens is 2. The van der Waals surface area contributed by atoms with E-state index < -0.39 is 6.10 Å². The van der Waals surface area contributed by atoms with Crippen molar-refractivity contribution < 1.29 is 9.90 Å². The van der Waals surface area contributed by atoms with Crippen LogP contribution < -0.4 is 5.32 Å². The van der Waals surface area contributed by atoms with Crippen LogP contribution in [0.15, 0.2) is 54.7 Å². The van der Waals surface area contributed by atoms with E-state index in [0.717, 1.165) is 16.5 Å². The molecule has 3 rings (SSSR count). The maximum Gasteiger partial charge on any atom is 0.251 e. The number of nitrogens with zero attached hydrogens (tertiary/aromatic N) is 1. The summed E-state index contributed by atoms with van der Waals surface area (Å²) in [6.07, 6.45) is 1.56. The fourth-order valence-electron chi connectivity index (χ4n) is 2.60. The smallest absolute Gasteiger partial charge is 0.251 e. The standard InChI is InChI=1S/C18H19N3O2/c1-12(9-17(22)13-5-3-2-4-6-13)20-18(23)14-7-8-16-15(10-14)11-19-21-16/h2-8,10-12,17,22H,9H2,1H3,(H,19,21)(H,20,23). The van der Waals surface area contributed by atoms with E-state index in [4.69, 9.17) is 0 Å². The minimum Gasteiger partial charge on any atom is -0.388 e. The second-order valence-corrected chi connectivity index (χ2v) is 5.71. The number of aromatic amines is 1. The molecule has 0 fully saturated rings. The maximum absolute atomic E-state index is 12.3. The molecule has 3 N–H and O–H groups in total. The SMILES string of the molecule is CC(CC(O)c1ccccc1)NC(=O)c1ccc2[nH]ncc2c1. The van der Waals surface area contributed by atoms with Crippen molar-refractivity contribution in [3.8, 4) is 0 Å². The van der Waals surface area contributed by atoms with Gasteiger partial charge >= 0.3 is 0 Å². The van der Waals surface area contributed by atoms with Gasteiger partial charge in [-0.15, -0.1) is 0 Å². The Morgan fingerprint density at radius 2 is 2.04 bits per heavy atom. The molecule has 0 aliphatic carbocycles. The first-order valence-corrected chi connectivity index (χ1v) is 7.60. The summed E-state index contributed by atoms with van der Waals surface area (Å²) in [5, 5.41) is 20.8. The van der Waals surface area contributed by atoms with Crippen LogP contribution in [0.5, 0.6) is 0 Å². The molecule has 1 amide bonds. The molecule has 0 bridgehead atoms. The quantitative estimate of drug-likeness (QED) is 0.678. The van der Waals surface area contributed by atoms with Gasteiger partial charge in [0.15, 0.2) is 0 Å². The highest BCUT2D eigenvalue weighted by molar-refractivity contribution is 5.97. The van der Waals surface area contributed by atoms with Crippen LogP contribution >= 0.6 is 0 Å². The Balaban J connectivity index is 1.62. The predicted octanol–water partition coefficient (Wildman–Crippen LogP) is 2.80. The zero-order valence-electron chi connectivity index (χ0n) is 12.9. The highest BCUT2D eigenvalue weighted by Crippen LogP contribution is 2.18. The van der Waals surface area contributed by atoms with Crippen molar-refractivity contribution in [2.75, 3.05) is 0 Å². The molecular formula is C18H19N3O2. The van der Waals surface area contributed by atoms with Crippen LogP contribution in [0.25, 0.3) is 10.9 Å². The molecule has 0 aliphatic heterocycles. The van der Waals surface area contributed by atoms with Crippen LogP contribution in [0.1, 0.15) is 35.4 Å². The average molecular weight is 309 g/mol. The molecule has 3 aromatic rings. The van der Waals surface area contributed by atoms with E-state index >= 15 is 0 Å². The maximum atomic E-state index is 12.3. The van der Waals surface area contributed by atoms with Crippen molar-refractivity contribution >= 4 is 16.8 Å². The van der Waals surface area contributed by atoms with Crippen LogP contribution in [-0.4, -0.2) is 27.3 Å². The Morgan fingerprint density at radius 1 is 1.26 bits per heavy atom. The number of hydrogen-bond acceptors (Lipinski definition) is 3. The van der Waals surface area contributed by atoms with E-state index in [2.05, 4.69) is 15.5 Å². The minimum atomic E-state index is -0.595. The van der Waals surface area contributed by atoms with Gasteiger partial charge in [0.25, 0.3) is 5.91 Å². The Hall–Kier alpha value is -2.66. The number of hydrogen-bond donors (Lipinski definition) is 3.